The Hall–Kier alpha value is -2.35. The van der Waals surface area contributed by atoms with Crippen molar-refractivity contribution in [1.82, 2.24) is 15.3 Å². The van der Waals surface area contributed by atoms with Gasteiger partial charge in [0.25, 0.3) is 5.91 Å². The van der Waals surface area contributed by atoms with E-state index in [9.17, 15) is 23.2 Å². The fourth-order valence-electron chi connectivity index (χ4n) is 3.81. The highest BCUT2D eigenvalue weighted by Crippen LogP contribution is 2.49. The van der Waals surface area contributed by atoms with Gasteiger partial charge in [0, 0.05) is 6.20 Å². The molecule has 1 fully saturated rings. The van der Waals surface area contributed by atoms with Crippen LogP contribution in [0.1, 0.15) is 48.4 Å². The zero-order valence-electron chi connectivity index (χ0n) is 13.5. The van der Waals surface area contributed by atoms with Crippen LogP contribution in [-0.4, -0.2) is 20.9 Å². The third kappa shape index (κ3) is 2.90. The summed E-state index contributed by atoms with van der Waals surface area (Å²) >= 11 is 0. The standard InChI is InChI=1S/C17H18F3N3O2/c1-10-13(3-2-4-14(10)18)17(15(24)22-25)6-5-11(7-17)12-8-21-23(9-12)16(19)20/h2-4,8-9,11,16,25H,5-7H2,1H3,(H,22,24)/t11-,17+/m1/s1. The summed E-state index contributed by atoms with van der Waals surface area (Å²) in [5.41, 5.74) is 2.02. The van der Waals surface area contributed by atoms with E-state index >= 15 is 0 Å². The average molecular weight is 353 g/mol. The van der Waals surface area contributed by atoms with Crippen molar-refractivity contribution >= 4 is 5.91 Å². The molecule has 1 aliphatic carbocycles. The Morgan fingerprint density at radius 2 is 2.24 bits per heavy atom. The first kappa shape index (κ1) is 17.5. The molecule has 8 heteroatoms. The molecule has 1 saturated carbocycles. The average Bonchev–Trinajstić information content (AvgIpc) is 3.24. The van der Waals surface area contributed by atoms with Crippen LogP contribution in [-0.2, 0) is 10.2 Å². The fourth-order valence-corrected chi connectivity index (χ4v) is 3.81. The number of amides is 1. The van der Waals surface area contributed by atoms with E-state index in [0.29, 0.717) is 34.2 Å². The first-order chi connectivity index (χ1) is 11.9. The van der Waals surface area contributed by atoms with E-state index in [1.807, 2.05) is 0 Å². The number of hydroxylamine groups is 1. The minimum Gasteiger partial charge on any atom is -0.289 e. The van der Waals surface area contributed by atoms with Crippen LogP contribution >= 0.6 is 0 Å². The second-order valence-electron chi connectivity index (χ2n) is 6.41. The van der Waals surface area contributed by atoms with E-state index < -0.39 is 23.7 Å². The van der Waals surface area contributed by atoms with Gasteiger partial charge in [0.2, 0.25) is 0 Å². The molecule has 0 saturated heterocycles. The summed E-state index contributed by atoms with van der Waals surface area (Å²) in [6.07, 6.45) is 3.81. The highest BCUT2D eigenvalue weighted by molar-refractivity contribution is 5.88. The molecule has 0 unspecified atom stereocenters. The normalized spacial score (nSPS) is 23.2. The number of rotatable bonds is 4. The number of nitrogens with one attached hydrogen (secondary N) is 1. The van der Waals surface area contributed by atoms with Gasteiger partial charge < -0.3 is 0 Å². The SMILES string of the molecule is Cc1c(F)cccc1[C@]1(C(=O)NO)CC[C@@H](c2cnn(C(F)F)c2)C1. The van der Waals surface area contributed by atoms with Crippen LogP contribution in [0.5, 0.6) is 0 Å². The molecule has 1 aliphatic rings. The molecule has 2 aromatic rings. The van der Waals surface area contributed by atoms with Crippen LogP contribution in [0.4, 0.5) is 13.2 Å². The molecule has 0 aliphatic heterocycles. The van der Waals surface area contributed by atoms with Gasteiger partial charge in [-0.15, -0.1) is 0 Å². The summed E-state index contributed by atoms with van der Waals surface area (Å²) in [7, 11) is 0. The largest absolute Gasteiger partial charge is 0.333 e. The summed E-state index contributed by atoms with van der Waals surface area (Å²) in [5.74, 6) is -1.24. The number of nitrogens with zero attached hydrogens (tertiary/aromatic N) is 2. The van der Waals surface area contributed by atoms with Gasteiger partial charge in [0.05, 0.1) is 11.6 Å². The van der Waals surface area contributed by atoms with Crippen molar-refractivity contribution in [3.63, 3.8) is 0 Å². The fraction of sp³-hybridized carbons (Fsp3) is 0.412. The lowest BCUT2D eigenvalue weighted by molar-refractivity contribution is -0.135. The maximum Gasteiger partial charge on any atom is 0.333 e. The smallest absolute Gasteiger partial charge is 0.289 e. The molecule has 1 aromatic heterocycles. The second-order valence-corrected chi connectivity index (χ2v) is 6.41. The minimum absolute atomic E-state index is 0.188. The third-order valence-corrected chi connectivity index (χ3v) is 5.13. The van der Waals surface area contributed by atoms with Crippen molar-refractivity contribution in [1.29, 1.82) is 0 Å². The lowest BCUT2D eigenvalue weighted by Crippen LogP contribution is -2.42. The topological polar surface area (TPSA) is 67.2 Å². The van der Waals surface area contributed by atoms with Crippen molar-refractivity contribution < 1.29 is 23.2 Å². The Labute approximate surface area is 142 Å². The molecular weight excluding hydrogens is 335 g/mol. The lowest BCUT2D eigenvalue weighted by Gasteiger charge is -2.29. The van der Waals surface area contributed by atoms with Gasteiger partial charge in [-0.25, -0.2) is 14.6 Å². The predicted molar refractivity (Wildman–Crippen MR) is 82.8 cm³/mol. The second kappa shape index (κ2) is 6.51. The number of hydrogen-bond donors (Lipinski definition) is 2. The summed E-state index contributed by atoms with van der Waals surface area (Å²) < 4.78 is 40.0. The van der Waals surface area contributed by atoms with Gasteiger partial charge >= 0.3 is 6.55 Å². The van der Waals surface area contributed by atoms with Gasteiger partial charge in [-0.05, 0) is 54.9 Å². The van der Waals surface area contributed by atoms with Crippen LogP contribution in [0, 0.1) is 12.7 Å². The summed E-state index contributed by atoms with van der Waals surface area (Å²) in [6.45, 7) is -1.15. The zero-order valence-corrected chi connectivity index (χ0v) is 13.5. The summed E-state index contributed by atoms with van der Waals surface area (Å²) in [6, 6.07) is 4.49. The molecule has 1 amide bonds. The van der Waals surface area contributed by atoms with Crippen LogP contribution in [0.3, 0.4) is 0 Å². The van der Waals surface area contributed by atoms with E-state index in [1.165, 1.54) is 24.5 Å². The first-order valence-corrected chi connectivity index (χ1v) is 7.91. The van der Waals surface area contributed by atoms with E-state index in [1.54, 1.807) is 18.5 Å². The molecule has 134 valence electrons. The lowest BCUT2D eigenvalue weighted by atomic mass is 9.75. The Kier molecular flexibility index (Phi) is 4.55. The molecule has 0 bridgehead atoms. The van der Waals surface area contributed by atoms with Gasteiger partial charge in [-0.1, -0.05) is 12.1 Å². The maximum absolute atomic E-state index is 14.0. The number of carbonyl (C=O) groups is 1. The van der Waals surface area contributed by atoms with Gasteiger partial charge in [0.1, 0.15) is 5.82 Å². The van der Waals surface area contributed by atoms with Gasteiger partial charge in [0.15, 0.2) is 0 Å². The van der Waals surface area contributed by atoms with Crippen LogP contribution in [0.2, 0.25) is 0 Å². The molecule has 25 heavy (non-hydrogen) atoms. The number of hydrogen-bond acceptors (Lipinski definition) is 3. The van der Waals surface area contributed by atoms with Crippen molar-refractivity contribution in [2.24, 2.45) is 0 Å². The Morgan fingerprint density at radius 1 is 1.48 bits per heavy atom. The van der Waals surface area contributed by atoms with Crippen LogP contribution in [0.15, 0.2) is 30.6 Å². The minimum atomic E-state index is -2.73. The number of aromatic nitrogens is 2. The zero-order chi connectivity index (χ0) is 18.2. The molecule has 1 aromatic carbocycles. The molecule has 1 heterocycles. The third-order valence-electron chi connectivity index (χ3n) is 5.13. The molecule has 3 rings (SSSR count). The molecule has 2 atom stereocenters. The molecular formula is C17H18F3N3O2. The van der Waals surface area contributed by atoms with Crippen molar-refractivity contribution in [3.05, 3.63) is 53.1 Å². The van der Waals surface area contributed by atoms with E-state index in [0.717, 1.165) is 0 Å². The highest BCUT2D eigenvalue weighted by atomic mass is 19.3. The van der Waals surface area contributed by atoms with Gasteiger partial charge in [-0.3, -0.25) is 10.0 Å². The Morgan fingerprint density at radius 3 is 2.88 bits per heavy atom. The van der Waals surface area contributed by atoms with Crippen molar-refractivity contribution in [2.45, 2.75) is 44.1 Å². The van der Waals surface area contributed by atoms with Crippen LogP contribution < -0.4 is 5.48 Å². The maximum atomic E-state index is 14.0. The van der Waals surface area contributed by atoms with Crippen molar-refractivity contribution in [2.75, 3.05) is 0 Å². The van der Waals surface area contributed by atoms with E-state index in [4.69, 9.17) is 0 Å². The molecule has 2 N–H and O–H groups in total. The quantitative estimate of drug-likeness (QED) is 0.654. The first-order valence-electron chi connectivity index (χ1n) is 7.91. The van der Waals surface area contributed by atoms with E-state index in [-0.39, 0.29) is 12.3 Å². The Balaban J connectivity index is 1.98. The monoisotopic (exact) mass is 353 g/mol. The van der Waals surface area contributed by atoms with Crippen LogP contribution in [0.25, 0.3) is 0 Å². The van der Waals surface area contributed by atoms with E-state index in [2.05, 4.69) is 5.10 Å². The van der Waals surface area contributed by atoms with Crippen molar-refractivity contribution in [3.8, 4) is 0 Å². The number of halogens is 3. The number of alkyl halides is 2. The molecule has 5 nitrogen and oxygen atoms in total. The Bertz CT molecular complexity index is 793. The highest BCUT2D eigenvalue weighted by Gasteiger charge is 2.48. The number of benzene rings is 1. The predicted octanol–water partition coefficient (Wildman–Crippen LogP) is 3.44. The van der Waals surface area contributed by atoms with Gasteiger partial charge in [-0.2, -0.15) is 13.9 Å². The molecule has 0 radical (unpaired) electrons. The summed E-state index contributed by atoms with van der Waals surface area (Å²) in [4.78, 5) is 12.5. The number of carbonyl (C=O) groups excluding carboxylic acids is 1. The molecule has 0 spiro atoms. The summed E-state index contributed by atoms with van der Waals surface area (Å²) in [5, 5.41) is 12.8.